The molecule has 1 heterocycles. The van der Waals surface area contributed by atoms with Crippen LogP contribution in [0.1, 0.15) is 24.2 Å². The van der Waals surface area contributed by atoms with Crippen molar-refractivity contribution < 1.29 is 19.1 Å². The van der Waals surface area contributed by atoms with Gasteiger partial charge >= 0.3 is 5.97 Å². The van der Waals surface area contributed by atoms with Gasteiger partial charge in [0, 0.05) is 11.8 Å². The zero-order valence-electron chi connectivity index (χ0n) is 14.7. The van der Waals surface area contributed by atoms with E-state index in [-0.39, 0.29) is 46.1 Å². The minimum Gasteiger partial charge on any atom is -0.465 e. The minimum atomic E-state index is -0.607. The van der Waals surface area contributed by atoms with Gasteiger partial charge in [0.05, 0.1) is 35.2 Å². The number of imide groups is 1. The molecule has 2 aliphatic carbocycles. The van der Waals surface area contributed by atoms with Gasteiger partial charge in [-0.3, -0.25) is 9.59 Å². The Morgan fingerprint density at radius 1 is 1.08 bits per heavy atom. The van der Waals surface area contributed by atoms with Crippen LogP contribution in [0, 0.1) is 23.7 Å². The third-order valence-electron chi connectivity index (χ3n) is 5.61. The Morgan fingerprint density at radius 2 is 1.65 bits per heavy atom. The maximum atomic E-state index is 13.1. The van der Waals surface area contributed by atoms with Crippen molar-refractivity contribution >= 4 is 35.1 Å². The monoisotopic (exact) mass is 371 g/mol. The standard InChI is InChI=1S/C20H18ClNO4/c1-9(2)15-11-5-6-12(15)17-16(11)18(23)22(19(17)24)10-4-7-14(21)13(8-10)20(25)26-3/h4-8,11-12,16-17H,1-3H3/t11-,12-,16+,17+/m0/s1. The highest BCUT2D eigenvalue weighted by Crippen LogP contribution is 2.57. The molecule has 0 unspecified atom stereocenters. The number of halogens is 1. The molecule has 1 aliphatic heterocycles. The molecule has 1 saturated carbocycles. The van der Waals surface area contributed by atoms with Gasteiger partial charge in [-0.15, -0.1) is 0 Å². The fourth-order valence-electron chi connectivity index (χ4n) is 4.60. The van der Waals surface area contributed by atoms with Gasteiger partial charge in [0.1, 0.15) is 0 Å². The topological polar surface area (TPSA) is 63.7 Å². The summed E-state index contributed by atoms with van der Waals surface area (Å²) in [6.45, 7) is 4.05. The average Bonchev–Trinajstić information content (AvgIpc) is 3.25. The fourth-order valence-corrected chi connectivity index (χ4v) is 4.80. The van der Waals surface area contributed by atoms with Crippen molar-refractivity contribution in [1.29, 1.82) is 0 Å². The molecule has 2 bridgehead atoms. The van der Waals surface area contributed by atoms with Crippen molar-refractivity contribution in [2.75, 3.05) is 12.0 Å². The number of carbonyl (C=O) groups is 3. The molecule has 1 aromatic rings. The number of ether oxygens (including phenoxy) is 1. The Bertz CT molecular complexity index is 878. The lowest BCUT2D eigenvalue weighted by molar-refractivity contribution is -0.122. The second kappa shape index (κ2) is 5.81. The van der Waals surface area contributed by atoms with Gasteiger partial charge in [-0.25, -0.2) is 9.69 Å². The highest BCUT2D eigenvalue weighted by Gasteiger charge is 2.61. The number of methoxy groups -OCH3 is 1. The van der Waals surface area contributed by atoms with Crippen LogP contribution in [0.4, 0.5) is 5.69 Å². The van der Waals surface area contributed by atoms with Crippen LogP contribution in [0.2, 0.25) is 5.02 Å². The second-order valence-electron chi connectivity index (χ2n) is 7.11. The summed E-state index contributed by atoms with van der Waals surface area (Å²) in [7, 11) is 1.26. The molecule has 4 atom stereocenters. The highest BCUT2D eigenvalue weighted by atomic mass is 35.5. The van der Waals surface area contributed by atoms with Crippen molar-refractivity contribution in [3.05, 3.63) is 52.1 Å². The Kier molecular flexibility index (Phi) is 3.81. The van der Waals surface area contributed by atoms with Crippen molar-refractivity contribution in [2.24, 2.45) is 23.7 Å². The third-order valence-corrected chi connectivity index (χ3v) is 5.94. The number of carbonyl (C=O) groups excluding carboxylic acids is 3. The van der Waals surface area contributed by atoms with E-state index >= 15 is 0 Å². The lowest BCUT2D eigenvalue weighted by Gasteiger charge is -2.20. The lowest BCUT2D eigenvalue weighted by atomic mass is 9.85. The molecule has 3 aliphatic rings. The molecule has 2 fully saturated rings. The first-order valence-electron chi connectivity index (χ1n) is 8.48. The Morgan fingerprint density at radius 3 is 2.15 bits per heavy atom. The van der Waals surface area contributed by atoms with Crippen LogP contribution in [0.3, 0.4) is 0 Å². The van der Waals surface area contributed by atoms with E-state index in [0.29, 0.717) is 5.69 Å². The molecule has 2 amide bonds. The number of hydrogen-bond donors (Lipinski definition) is 0. The SMILES string of the molecule is COC(=O)c1cc(N2C(=O)[C@H]3[C@H](C2=O)[C@H]2C=C[C@H]3C2=C(C)C)ccc1Cl. The van der Waals surface area contributed by atoms with E-state index in [4.69, 9.17) is 16.3 Å². The van der Waals surface area contributed by atoms with E-state index in [1.165, 1.54) is 35.3 Å². The van der Waals surface area contributed by atoms with Crippen LogP contribution in [0.15, 0.2) is 41.5 Å². The highest BCUT2D eigenvalue weighted by molar-refractivity contribution is 6.34. The summed E-state index contributed by atoms with van der Waals surface area (Å²) < 4.78 is 4.72. The Labute approximate surface area is 156 Å². The van der Waals surface area contributed by atoms with Gasteiger partial charge in [0.15, 0.2) is 0 Å². The molecule has 5 nitrogen and oxygen atoms in total. The first kappa shape index (κ1) is 17.0. The minimum absolute atomic E-state index is 0.0103. The van der Waals surface area contributed by atoms with Crippen molar-refractivity contribution in [3.63, 3.8) is 0 Å². The number of hydrogen-bond acceptors (Lipinski definition) is 4. The number of amides is 2. The van der Waals surface area contributed by atoms with E-state index in [0.717, 1.165) is 0 Å². The van der Waals surface area contributed by atoms with Gasteiger partial charge in [-0.2, -0.15) is 0 Å². The summed E-state index contributed by atoms with van der Waals surface area (Å²) >= 11 is 6.05. The maximum absolute atomic E-state index is 13.1. The normalized spacial score (nSPS) is 28.8. The summed E-state index contributed by atoms with van der Waals surface area (Å²) in [6.07, 6.45) is 4.09. The van der Waals surface area contributed by atoms with Gasteiger partial charge in [-0.1, -0.05) is 34.9 Å². The Hall–Kier alpha value is -2.40. The first-order valence-corrected chi connectivity index (χ1v) is 8.86. The maximum Gasteiger partial charge on any atom is 0.339 e. The molecule has 1 aromatic carbocycles. The van der Waals surface area contributed by atoms with Gasteiger partial charge in [0.2, 0.25) is 11.8 Å². The van der Waals surface area contributed by atoms with Gasteiger partial charge < -0.3 is 4.74 Å². The number of anilines is 1. The molecule has 6 heteroatoms. The van der Waals surface area contributed by atoms with Crippen molar-refractivity contribution in [1.82, 2.24) is 0 Å². The van der Waals surface area contributed by atoms with E-state index in [1.54, 1.807) is 6.07 Å². The smallest absolute Gasteiger partial charge is 0.339 e. The predicted octanol–water partition coefficient (Wildman–Crippen LogP) is 3.38. The average molecular weight is 372 g/mol. The number of nitrogens with zero attached hydrogens (tertiary/aromatic N) is 1. The summed E-state index contributed by atoms with van der Waals surface area (Å²) in [6, 6.07) is 4.54. The van der Waals surface area contributed by atoms with E-state index in [1.807, 2.05) is 26.0 Å². The van der Waals surface area contributed by atoms with Crippen LogP contribution >= 0.6 is 11.6 Å². The number of rotatable bonds is 2. The zero-order valence-corrected chi connectivity index (χ0v) is 15.4. The molecule has 1 saturated heterocycles. The predicted molar refractivity (Wildman–Crippen MR) is 96.8 cm³/mol. The summed E-state index contributed by atoms with van der Waals surface area (Å²) in [5.41, 5.74) is 2.87. The van der Waals surface area contributed by atoms with E-state index in [2.05, 4.69) is 0 Å². The lowest BCUT2D eigenvalue weighted by Crippen LogP contribution is -2.33. The Balaban J connectivity index is 1.75. The molecule has 0 aromatic heterocycles. The molecule has 4 rings (SSSR count). The fraction of sp³-hybridized carbons (Fsp3) is 0.350. The molecular formula is C20H18ClNO4. The number of allylic oxidation sites excluding steroid dienone is 4. The number of benzene rings is 1. The van der Waals surface area contributed by atoms with Crippen LogP contribution < -0.4 is 4.90 Å². The number of fused-ring (bicyclic) bond motifs is 5. The summed E-state index contributed by atoms with van der Waals surface area (Å²) in [5.74, 6) is -1.78. The third kappa shape index (κ3) is 2.13. The van der Waals surface area contributed by atoms with Crippen molar-refractivity contribution in [2.45, 2.75) is 13.8 Å². The number of esters is 1. The quantitative estimate of drug-likeness (QED) is 0.454. The van der Waals surface area contributed by atoms with Crippen LogP contribution in [0.5, 0.6) is 0 Å². The van der Waals surface area contributed by atoms with E-state index < -0.39 is 5.97 Å². The zero-order chi connectivity index (χ0) is 18.7. The van der Waals surface area contributed by atoms with Crippen LogP contribution in [-0.2, 0) is 14.3 Å². The van der Waals surface area contributed by atoms with Gasteiger partial charge in [0.25, 0.3) is 0 Å². The molecule has 0 spiro atoms. The summed E-state index contributed by atoms with van der Waals surface area (Å²) in [5, 5.41) is 0.216. The van der Waals surface area contributed by atoms with Crippen LogP contribution in [0.25, 0.3) is 0 Å². The molecular weight excluding hydrogens is 354 g/mol. The molecule has 134 valence electrons. The molecule has 0 N–H and O–H groups in total. The second-order valence-corrected chi connectivity index (χ2v) is 7.52. The van der Waals surface area contributed by atoms with Crippen LogP contribution in [-0.4, -0.2) is 24.9 Å². The molecule has 26 heavy (non-hydrogen) atoms. The van der Waals surface area contributed by atoms with Gasteiger partial charge in [-0.05, 0) is 32.0 Å². The first-order chi connectivity index (χ1) is 12.4. The van der Waals surface area contributed by atoms with E-state index in [9.17, 15) is 14.4 Å². The van der Waals surface area contributed by atoms with Crippen molar-refractivity contribution in [3.8, 4) is 0 Å². The molecule has 0 radical (unpaired) electrons. The largest absolute Gasteiger partial charge is 0.465 e. The summed E-state index contributed by atoms with van der Waals surface area (Å²) in [4.78, 5) is 39.3.